The molecule has 206 valence electrons. The minimum absolute atomic E-state index is 0.0346. The molecule has 1 aliphatic heterocycles. The molecule has 11 heteroatoms. The Morgan fingerprint density at radius 2 is 2.05 bits per heavy atom. The monoisotopic (exact) mass is 543 g/mol. The van der Waals surface area contributed by atoms with Crippen molar-refractivity contribution < 1.29 is 18.7 Å². The minimum Gasteiger partial charge on any atom is -0.496 e. The first-order valence-corrected chi connectivity index (χ1v) is 13.4. The van der Waals surface area contributed by atoms with E-state index >= 15 is 4.39 Å². The van der Waals surface area contributed by atoms with Gasteiger partial charge in [0, 0.05) is 67.7 Å². The van der Waals surface area contributed by atoms with Crippen molar-refractivity contribution in [2.75, 3.05) is 27.2 Å². The third-order valence-electron chi connectivity index (χ3n) is 7.67. The van der Waals surface area contributed by atoms with Crippen LogP contribution in [0.4, 0.5) is 4.39 Å². The number of aromatic nitrogens is 5. The van der Waals surface area contributed by atoms with E-state index in [4.69, 9.17) is 4.74 Å². The van der Waals surface area contributed by atoms with Gasteiger partial charge in [0.25, 0.3) is 5.91 Å². The lowest BCUT2D eigenvalue weighted by Crippen LogP contribution is -2.36. The van der Waals surface area contributed by atoms with Gasteiger partial charge in [0.05, 0.1) is 25.4 Å². The van der Waals surface area contributed by atoms with E-state index < -0.39 is 5.82 Å². The second-order valence-electron chi connectivity index (χ2n) is 10.2. The largest absolute Gasteiger partial charge is 0.496 e. The molecule has 40 heavy (non-hydrogen) atoms. The average Bonchev–Trinajstić information content (AvgIpc) is 3.51. The number of amides is 2. The number of H-pyrrole nitrogens is 1. The smallest absolute Gasteiger partial charge is 0.270 e. The van der Waals surface area contributed by atoms with Gasteiger partial charge in [0.1, 0.15) is 11.4 Å². The highest BCUT2D eigenvalue weighted by molar-refractivity contribution is 6.05. The topological polar surface area (TPSA) is 109 Å². The molecule has 2 amide bonds. The van der Waals surface area contributed by atoms with Gasteiger partial charge < -0.3 is 19.5 Å². The van der Waals surface area contributed by atoms with Gasteiger partial charge in [-0.15, -0.1) is 5.10 Å². The SMILES string of the molecule is COc1ccncc1-c1cc(C2=CCCN(C(=O)CCn3ccnn3)C2)c(F)c2[nH]c(C(=O)N(C)C3CC3)cc12. The first-order chi connectivity index (χ1) is 19.4. The van der Waals surface area contributed by atoms with Crippen molar-refractivity contribution in [1.82, 2.24) is 34.8 Å². The zero-order valence-corrected chi connectivity index (χ0v) is 22.4. The summed E-state index contributed by atoms with van der Waals surface area (Å²) in [6.07, 6.45) is 11.4. The number of benzene rings is 1. The molecule has 0 unspecified atom stereocenters. The van der Waals surface area contributed by atoms with E-state index in [1.807, 2.05) is 6.08 Å². The Labute approximate surface area is 230 Å². The lowest BCUT2D eigenvalue weighted by molar-refractivity contribution is -0.131. The molecule has 1 saturated carbocycles. The molecule has 0 spiro atoms. The maximum absolute atomic E-state index is 16.3. The number of halogens is 1. The van der Waals surface area contributed by atoms with Crippen LogP contribution < -0.4 is 4.74 Å². The van der Waals surface area contributed by atoms with Crippen LogP contribution in [0.5, 0.6) is 5.75 Å². The zero-order chi connectivity index (χ0) is 27.8. The number of pyridine rings is 1. The number of aryl methyl sites for hydroxylation is 1. The second kappa shape index (κ2) is 10.6. The van der Waals surface area contributed by atoms with Crippen molar-refractivity contribution >= 4 is 28.3 Å². The Morgan fingerprint density at radius 3 is 2.80 bits per heavy atom. The van der Waals surface area contributed by atoms with Crippen LogP contribution in [-0.4, -0.2) is 79.9 Å². The molecule has 0 radical (unpaired) electrons. The van der Waals surface area contributed by atoms with Crippen LogP contribution in [0.1, 0.15) is 41.7 Å². The van der Waals surface area contributed by atoms with Crippen LogP contribution in [-0.2, 0) is 11.3 Å². The molecule has 1 N–H and O–H groups in total. The number of rotatable bonds is 8. The fourth-order valence-corrected chi connectivity index (χ4v) is 5.28. The van der Waals surface area contributed by atoms with Crippen molar-refractivity contribution in [2.24, 2.45) is 0 Å². The molecule has 1 aliphatic carbocycles. The van der Waals surface area contributed by atoms with Gasteiger partial charge in [-0.05, 0) is 48.6 Å². The first-order valence-electron chi connectivity index (χ1n) is 13.4. The number of carbonyl (C=O) groups is 2. The van der Waals surface area contributed by atoms with E-state index in [-0.39, 0.29) is 36.3 Å². The molecule has 4 heterocycles. The highest BCUT2D eigenvalue weighted by atomic mass is 19.1. The van der Waals surface area contributed by atoms with E-state index in [9.17, 15) is 9.59 Å². The minimum atomic E-state index is -0.460. The Kier molecular flexibility index (Phi) is 6.79. The molecule has 3 aromatic heterocycles. The van der Waals surface area contributed by atoms with Crippen LogP contribution in [0.2, 0.25) is 0 Å². The van der Waals surface area contributed by atoms with Gasteiger partial charge in [-0.3, -0.25) is 19.3 Å². The molecular weight excluding hydrogens is 513 g/mol. The number of aromatic amines is 1. The van der Waals surface area contributed by atoms with Crippen molar-refractivity contribution in [1.29, 1.82) is 0 Å². The number of nitrogens with zero attached hydrogens (tertiary/aromatic N) is 6. The number of nitrogens with one attached hydrogen (secondary N) is 1. The summed E-state index contributed by atoms with van der Waals surface area (Å²) in [7, 11) is 3.35. The van der Waals surface area contributed by atoms with Gasteiger partial charge in [-0.2, -0.15) is 0 Å². The van der Waals surface area contributed by atoms with E-state index in [0.717, 1.165) is 12.8 Å². The zero-order valence-electron chi connectivity index (χ0n) is 22.4. The molecule has 0 saturated heterocycles. The first kappa shape index (κ1) is 25.7. The molecule has 0 bridgehead atoms. The van der Waals surface area contributed by atoms with E-state index in [0.29, 0.717) is 58.6 Å². The fraction of sp³-hybridized carbons (Fsp3) is 0.345. The van der Waals surface area contributed by atoms with Crippen molar-refractivity contribution in [3.63, 3.8) is 0 Å². The quantitative estimate of drug-likeness (QED) is 0.361. The van der Waals surface area contributed by atoms with Crippen LogP contribution in [0.3, 0.4) is 0 Å². The maximum atomic E-state index is 16.3. The van der Waals surface area contributed by atoms with E-state index in [1.165, 1.54) is 0 Å². The average molecular weight is 544 g/mol. The summed E-state index contributed by atoms with van der Waals surface area (Å²) in [5, 5.41) is 8.26. The molecule has 0 atom stereocenters. The number of hydrogen-bond acceptors (Lipinski definition) is 6. The summed E-state index contributed by atoms with van der Waals surface area (Å²) in [4.78, 5) is 37.0. The third-order valence-corrected chi connectivity index (χ3v) is 7.67. The summed E-state index contributed by atoms with van der Waals surface area (Å²) >= 11 is 0. The van der Waals surface area contributed by atoms with Gasteiger partial charge in [0.2, 0.25) is 5.91 Å². The highest BCUT2D eigenvalue weighted by Gasteiger charge is 2.32. The van der Waals surface area contributed by atoms with Crippen molar-refractivity contribution in [3.05, 3.63) is 66.1 Å². The lowest BCUT2D eigenvalue weighted by Gasteiger charge is -2.28. The second-order valence-corrected chi connectivity index (χ2v) is 10.2. The predicted molar refractivity (Wildman–Crippen MR) is 147 cm³/mol. The standard InChI is InChI=1S/C29H30FN7O3/c1-35(19-5-6-19)29(39)24-15-22-21(23-16-31-9-7-25(23)40-2)14-20(27(30)28(22)33-24)18-4-3-11-36(17-18)26(38)8-12-37-13-10-32-34-37/h4,7,9-10,13-16,19,33H,3,5-6,8,11-12,17H2,1-2H3. The molecule has 1 fully saturated rings. The molecule has 6 rings (SSSR count). The molecular formula is C29H30FN7O3. The highest BCUT2D eigenvalue weighted by Crippen LogP contribution is 2.40. The van der Waals surface area contributed by atoms with Crippen LogP contribution >= 0.6 is 0 Å². The van der Waals surface area contributed by atoms with Crippen molar-refractivity contribution in [3.8, 4) is 16.9 Å². The number of hydrogen-bond donors (Lipinski definition) is 1. The summed E-state index contributed by atoms with van der Waals surface area (Å²) < 4.78 is 23.5. The van der Waals surface area contributed by atoms with Gasteiger partial charge >= 0.3 is 0 Å². The molecule has 10 nitrogen and oxygen atoms in total. The lowest BCUT2D eigenvalue weighted by atomic mass is 9.93. The Bertz CT molecular complexity index is 1610. The summed E-state index contributed by atoms with van der Waals surface area (Å²) in [5.41, 5.74) is 3.02. The normalized spacial score (nSPS) is 15.3. The summed E-state index contributed by atoms with van der Waals surface area (Å²) in [6, 6.07) is 5.45. The van der Waals surface area contributed by atoms with E-state index in [2.05, 4.69) is 20.3 Å². The third kappa shape index (κ3) is 4.83. The predicted octanol–water partition coefficient (Wildman–Crippen LogP) is 3.91. The van der Waals surface area contributed by atoms with Crippen LogP contribution in [0.15, 0.2) is 49.1 Å². The Hall–Kier alpha value is -4.54. The van der Waals surface area contributed by atoms with Gasteiger partial charge in [-0.1, -0.05) is 11.3 Å². The number of methoxy groups -OCH3 is 1. The number of ether oxygens (including phenoxy) is 1. The molecule has 1 aromatic carbocycles. The Balaban J connectivity index is 1.39. The van der Waals surface area contributed by atoms with Gasteiger partial charge in [0.15, 0.2) is 5.82 Å². The summed E-state index contributed by atoms with van der Waals surface area (Å²) in [5.74, 6) is -0.0872. The fourth-order valence-electron chi connectivity index (χ4n) is 5.28. The van der Waals surface area contributed by atoms with Crippen molar-refractivity contribution in [2.45, 2.75) is 38.3 Å². The summed E-state index contributed by atoms with van der Waals surface area (Å²) in [6.45, 7) is 1.26. The van der Waals surface area contributed by atoms with Crippen LogP contribution in [0.25, 0.3) is 27.6 Å². The van der Waals surface area contributed by atoms with Crippen LogP contribution in [0, 0.1) is 5.82 Å². The number of fused-ring (bicyclic) bond motifs is 1. The van der Waals surface area contributed by atoms with E-state index in [1.54, 1.807) is 71.6 Å². The van der Waals surface area contributed by atoms with Gasteiger partial charge in [-0.25, -0.2) is 4.39 Å². The molecule has 2 aliphatic rings. The number of carbonyl (C=O) groups excluding carboxylic acids is 2. The maximum Gasteiger partial charge on any atom is 0.270 e. The molecule has 4 aromatic rings. The Morgan fingerprint density at radius 1 is 1.20 bits per heavy atom.